The van der Waals surface area contributed by atoms with Gasteiger partial charge in [-0.3, -0.25) is 4.98 Å². The van der Waals surface area contributed by atoms with E-state index in [2.05, 4.69) is 21.4 Å². The molecule has 0 saturated carbocycles. The van der Waals surface area contributed by atoms with Crippen LogP contribution < -0.4 is 5.32 Å². The number of nitrogens with one attached hydrogen (secondary N) is 1. The van der Waals surface area contributed by atoms with Gasteiger partial charge in [0.05, 0.1) is 22.6 Å². The van der Waals surface area contributed by atoms with Gasteiger partial charge in [0.25, 0.3) is 6.02 Å². The minimum Gasteiger partial charge on any atom is -0.463 e. The molecule has 1 aromatic heterocycles. The second-order valence-corrected chi connectivity index (χ2v) is 6.24. The summed E-state index contributed by atoms with van der Waals surface area (Å²) in [6, 6.07) is 8.20. The van der Waals surface area contributed by atoms with Crippen LogP contribution >= 0.6 is 23.2 Å². The van der Waals surface area contributed by atoms with E-state index in [0.717, 1.165) is 16.7 Å². The van der Waals surface area contributed by atoms with Gasteiger partial charge in [-0.25, -0.2) is 4.99 Å². The standard InChI is InChI=1S/C17H17Cl2N3O/c1-11-7-12(10-20-9-11)8-15(22-17-21-5-6-23-17)13-3-2-4-14(18)16(13)19/h2-4,7,9-10,15H,5-6,8H2,1H3,(H,21,22). The molecule has 2 heterocycles. The maximum Gasteiger partial charge on any atom is 0.285 e. The summed E-state index contributed by atoms with van der Waals surface area (Å²) >= 11 is 12.6. The lowest BCUT2D eigenvalue weighted by Crippen LogP contribution is -2.30. The number of halogens is 2. The van der Waals surface area contributed by atoms with Crippen molar-refractivity contribution in [1.29, 1.82) is 0 Å². The van der Waals surface area contributed by atoms with Crippen LogP contribution in [0, 0.1) is 6.92 Å². The van der Waals surface area contributed by atoms with Gasteiger partial charge in [-0.1, -0.05) is 41.4 Å². The normalized spacial score (nSPS) is 15.0. The number of aromatic nitrogens is 1. The molecule has 1 aromatic carbocycles. The van der Waals surface area contributed by atoms with E-state index in [9.17, 15) is 0 Å². The minimum absolute atomic E-state index is 0.0957. The molecule has 1 aliphatic heterocycles. The largest absolute Gasteiger partial charge is 0.463 e. The van der Waals surface area contributed by atoms with E-state index in [1.165, 1.54) is 0 Å². The topological polar surface area (TPSA) is 46.5 Å². The monoisotopic (exact) mass is 349 g/mol. The van der Waals surface area contributed by atoms with Crippen LogP contribution in [0.5, 0.6) is 0 Å². The van der Waals surface area contributed by atoms with Gasteiger partial charge in [-0.15, -0.1) is 0 Å². The number of amidine groups is 1. The first-order chi connectivity index (χ1) is 11.1. The van der Waals surface area contributed by atoms with Crippen LogP contribution in [0.2, 0.25) is 10.0 Å². The zero-order chi connectivity index (χ0) is 16.2. The van der Waals surface area contributed by atoms with Crippen molar-refractivity contribution in [2.45, 2.75) is 19.4 Å². The third-order valence-corrected chi connectivity index (χ3v) is 4.45. The van der Waals surface area contributed by atoms with E-state index >= 15 is 0 Å². The molecule has 2 aromatic rings. The molecule has 0 spiro atoms. The maximum absolute atomic E-state index is 6.40. The number of benzene rings is 1. The molecule has 120 valence electrons. The molecule has 1 unspecified atom stereocenters. The second-order valence-electron chi connectivity index (χ2n) is 5.45. The number of aryl methyl sites for hydroxylation is 1. The summed E-state index contributed by atoms with van der Waals surface area (Å²) in [6.45, 7) is 3.30. The lowest BCUT2D eigenvalue weighted by molar-refractivity contribution is 0.325. The van der Waals surface area contributed by atoms with Crippen LogP contribution in [-0.2, 0) is 11.2 Å². The Hall–Kier alpha value is -1.78. The zero-order valence-corrected chi connectivity index (χ0v) is 14.2. The summed E-state index contributed by atoms with van der Waals surface area (Å²) < 4.78 is 5.48. The number of rotatable bonds is 4. The summed E-state index contributed by atoms with van der Waals surface area (Å²) in [7, 11) is 0. The molecule has 0 aliphatic carbocycles. The Morgan fingerprint density at radius 3 is 2.91 bits per heavy atom. The predicted octanol–water partition coefficient (Wildman–Crippen LogP) is 3.96. The third kappa shape index (κ3) is 3.95. The molecule has 0 fully saturated rings. The van der Waals surface area contributed by atoms with Gasteiger partial charge in [0, 0.05) is 12.4 Å². The van der Waals surface area contributed by atoms with Crippen molar-refractivity contribution in [2.75, 3.05) is 13.2 Å². The van der Waals surface area contributed by atoms with E-state index in [1.54, 1.807) is 6.07 Å². The third-order valence-electron chi connectivity index (χ3n) is 3.61. The summed E-state index contributed by atoms with van der Waals surface area (Å²) in [5.74, 6) is 0. The number of aliphatic imine (C=N–C) groups is 1. The molecule has 1 N–H and O–H groups in total. The molecule has 1 atom stereocenters. The van der Waals surface area contributed by atoms with Crippen LogP contribution in [0.15, 0.2) is 41.7 Å². The van der Waals surface area contributed by atoms with E-state index in [0.29, 0.717) is 35.6 Å². The molecular weight excluding hydrogens is 333 g/mol. The smallest absolute Gasteiger partial charge is 0.285 e. The highest BCUT2D eigenvalue weighted by molar-refractivity contribution is 6.42. The molecule has 0 radical (unpaired) electrons. The number of pyridine rings is 1. The van der Waals surface area contributed by atoms with Gasteiger partial charge in [0.15, 0.2) is 0 Å². The minimum atomic E-state index is -0.0957. The molecule has 0 amide bonds. The molecule has 4 nitrogen and oxygen atoms in total. The second kappa shape index (κ2) is 7.20. The van der Waals surface area contributed by atoms with E-state index in [1.807, 2.05) is 31.5 Å². The highest BCUT2D eigenvalue weighted by Gasteiger charge is 2.20. The number of ether oxygens (including phenoxy) is 1. The summed E-state index contributed by atoms with van der Waals surface area (Å²) in [5.41, 5.74) is 3.14. The number of hydrogen-bond donors (Lipinski definition) is 1. The molecule has 3 rings (SSSR count). The average Bonchev–Trinajstić information content (AvgIpc) is 3.02. The summed E-state index contributed by atoms with van der Waals surface area (Å²) in [4.78, 5) is 8.56. The van der Waals surface area contributed by atoms with Crippen LogP contribution in [0.25, 0.3) is 0 Å². The van der Waals surface area contributed by atoms with Crippen molar-refractivity contribution in [3.8, 4) is 0 Å². The van der Waals surface area contributed by atoms with Crippen molar-refractivity contribution >= 4 is 29.2 Å². The average molecular weight is 350 g/mol. The fourth-order valence-corrected chi connectivity index (χ4v) is 3.00. The van der Waals surface area contributed by atoms with Crippen molar-refractivity contribution in [1.82, 2.24) is 10.3 Å². The Morgan fingerprint density at radius 2 is 2.17 bits per heavy atom. The molecular formula is C17H17Cl2N3O. The van der Waals surface area contributed by atoms with Crippen LogP contribution in [0.3, 0.4) is 0 Å². The number of nitrogens with zero attached hydrogens (tertiary/aromatic N) is 2. The van der Waals surface area contributed by atoms with Crippen LogP contribution in [0.4, 0.5) is 0 Å². The maximum atomic E-state index is 6.40. The van der Waals surface area contributed by atoms with E-state index in [4.69, 9.17) is 27.9 Å². The first kappa shape index (κ1) is 16.1. The Labute approximate surface area is 145 Å². The lowest BCUT2D eigenvalue weighted by atomic mass is 9.99. The van der Waals surface area contributed by atoms with Gasteiger partial charge in [0.2, 0.25) is 0 Å². The molecule has 1 aliphatic rings. The zero-order valence-electron chi connectivity index (χ0n) is 12.7. The first-order valence-corrected chi connectivity index (χ1v) is 8.17. The van der Waals surface area contributed by atoms with Crippen LogP contribution in [0.1, 0.15) is 22.7 Å². The quantitative estimate of drug-likeness (QED) is 0.908. The summed E-state index contributed by atoms with van der Waals surface area (Å²) in [5, 5.41) is 4.41. The van der Waals surface area contributed by atoms with E-state index in [-0.39, 0.29) is 6.04 Å². The Kier molecular flexibility index (Phi) is 5.03. The van der Waals surface area contributed by atoms with E-state index < -0.39 is 0 Å². The van der Waals surface area contributed by atoms with Crippen molar-refractivity contribution < 1.29 is 4.74 Å². The van der Waals surface area contributed by atoms with Gasteiger partial charge in [0.1, 0.15) is 6.61 Å². The lowest BCUT2D eigenvalue weighted by Gasteiger charge is -2.21. The Bertz CT molecular complexity index is 734. The highest BCUT2D eigenvalue weighted by Crippen LogP contribution is 2.31. The summed E-state index contributed by atoms with van der Waals surface area (Å²) in [6.07, 6.45) is 4.40. The fourth-order valence-electron chi connectivity index (χ4n) is 2.56. The van der Waals surface area contributed by atoms with Crippen LogP contribution in [-0.4, -0.2) is 24.2 Å². The molecule has 23 heavy (non-hydrogen) atoms. The highest BCUT2D eigenvalue weighted by atomic mass is 35.5. The first-order valence-electron chi connectivity index (χ1n) is 7.41. The fraction of sp³-hybridized carbons (Fsp3) is 0.294. The predicted molar refractivity (Wildman–Crippen MR) is 93.3 cm³/mol. The van der Waals surface area contributed by atoms with Gasteiger partial charge in [-0.05, 0) is 36.1 Å². The van der Waals surface area contributed by atoms with Crippen molar-refractivity contribution in [2.24, 2.45) is 4.99 Å². The Morgan fingerprint density at radius 1 is 1.30 bits per heavy atom. The van der Waals surface area contributed by atoms with Crippen molar-refractivity contribution in [3.63, 3.8) is 0 Å². The molecule has 6 heteroatoms. The molecule has 0 saturated heterocycles. The molecule has 0 bridgehead atoms. The van der Waals surface area contributed by atoms with Gasteiger partial charge >= 0.3 is 0 Å². The Balaban J connectivity index is 1.91. The SMILES string of the molecule is Cc1cncc(CC(NC2=NCCO2)c2cccc(Cl)c2Cl)c1. The van der Waals surface area contributed by atoms with Crippen molar-refractivity contribution in [3.05, 3.63) is 63.4 Å². The number of hydrogen-bond acceptors (Lipinski definition) is 4. The van der Waals surface area contributed by atoms with Gasteiger partial charge < -0.3 is 10.1 Å². The van der Waals surface area contributed by atoms with Gasteiger partial charge in [-0.2, -0.15) is 0 Å².